The zero-order valence-corrected chi connectivity index (χ0v) is 18.4. The Balaban J connectivity index is 0. The number of aliphatic carboxylic acids is 1. The van der Waals surface area contributed by atoms with Crippen molar-refractivity contribution in [1.29, 1.82) is 0 Å². The number of carboxylic acids is 1. The normalized spacial score (nSPS) is 13.0. The number of hydrogen-bond acceptors (Lipinski definition) is 3. The summed E-state index contributed by atoms with van der Waals surface area (Å²) in [5, 5.41) is 13.6. The summed E-state index contributed by atoms with van der Waals surface area (Å²) >= 11 is 0. The standard InChI is InChI=1S/C19H37NO3.Na/c1-4-6-7-8-9-10-11-12-13-14-15-17(21)20-18(19(22)23)16(3)5-2;/h16,18H,4-15H2,1-3H3,(H,20,21)(H,22,23);/q;+1/p-1/t16-,18-;/m0./s1. The molecule has 0 fully saturated rings. The Hall–Kier alpha value is -0.0600. The Morgan fingerprint density at radius 2 is 1.33 bits per heavy atom. The summed E-state index contributed by atoms with van der Waals surface area (Å²) in [7, 11) is 0. The van der Waals surface area contributed by atoms with E-state index in [1.807, 2.05) is 13.8 Å². The number of carbonyl (C=O) groups excluding carboxylic acids is 2. The van der Waals surface area contributed by atoms with Gasteiger partial charge in [-0.2, -0.15) is 0 Å². The predicted octanol–water partition coefficient (Wildman–Crippen LogP) is 0.582. The first kappa shape index (κ1) is 26.2. The minimum Gasteiger partial charge on any atom is -0.548 e. The molecule has 136 valence electrons. The molecule has 0 bridgehead atoms. The molecule has 0 unspecified atom stereocenters. The number of carboxylic acid groups (broad SMARTS) is 1. The van der Waals surface area contributed by atoms with Crippen molar-refractivity contribution in [3.63, 3.8) is 0 Å². The molecule has 0 heterocycles. The van der Waals surface area contributed by atoms with Crippen LogP contribution in [0.4, 0.5) is 0 Å². The first-order valence-electron chi connectivity index (χ1n) is 9.53. The summed E-state index contributed by atoms with van der Waals surface area (Å²) in [5.41, 5.74) is 0. The molecule has 4 nitrogen and oxygen atoms in total. The van der Waals surface area contributed by atoms with Crippen LogP contribution >= 0.6 is 0 Å². The van der Waals surface area contributed by atoms with E-state index in [9.17, 15) is 14.7 Å². The molecule has 0 aliphatic heterocycles. The number of hydrogen-bond donors (Lipinski definition) is 1. The van der Waals surface area contributed by atoms with Crippen LogP contribution in [0.1, 0.15) is 97.8 Å². The topological polar surface area (TPSA) is 69.2 Å². The number of unbranched alkanes of at least 4 members (excludes halogenated alkanes) is 9. The number of amides is 1. The Bertz CT molecular complexity index is 324. The van der Waals surface area contributed by atoms with Gasteiger partial charge in [-0.25, -0.2) is 0 Å². The van der Waals surface area contributed by atoms with Gasteiger partial charge in [0.2, 0.25) is 5.91 Å². The summed E-state index contributed by atoms with van der Waals surface area (Å²) in [4.78, 5) is 22.9. The fourth-order valence-corrected chi connectivity index (χ4v) is 2.69. The van der Waals surface area contributed by atoms with Crippen LogP contribution in [0.15, 0.2) is 0 Å². The summed E-state index contributed by atoms with van der Waals surface area (Å²) in [6, 6.07) is -0.865. The van der Waals surface area contributed by atoms with Gasteiger partial charge in [0.1, 0.15) is 0 Å². The second-order valence-electron chi connectivity index (χ2n) is 6.68. The van der Waals surface area contributed by atoms with Gasteiger partial charge < -0.3 is 15.2 Å². The van der Waals surface area contributed by atoms with Crippen LogP contribution in [0.3, 0.4) is 0 Å². The average Bonchev–Trinajstić information content (AvgIpc) is 2.53. The Labute approximate surface area is 170 Å². The minimum absolute atomic E-state index is 0. The van der Waals surface area contributed by atoms with Gasteiger partial charge in [0.15, 0.2) is 0 Å². The molecule has 0 radical (unpaired) electrons. The maximum atomic E-state index is 11.8. The van der Waals surface area contributed by atoms with E-state index in [2.05, 4.69) is 12.2 Å². The van der Waals surface area contributed by atoms with Crippen molar-refractivity contribution in [1.82, 2.24) is 5.32 Å². The van der Waals surface area contributed by atoms with Gasteiger partial charge >= 0.3 is 29.6 Å². The van der Waals surface area contributed by atoms with Crippen molar-refractivity contribution >= 4 is 11.9 Å². The van der Waals surface area contributed by atoms with Crippen LogP contribution < -0.4 is 40.0 Å². The van der Waals surface area contributed by atoms with Gasteiger partial charge in [-0.05, 0) is 12.3 Å². The smallest absolute Gasteiger partial charge is 0.548 e. The van der Waals surface area contributed by atoms with E-state index in [1.165, 1.54) is 44.9 Å². The fraction of sp³-hybridized carbons (Fsp3) is 0.895. The van der Waals surface area contributed by atoms with Gasteiger partial charge in [-0.3, -0.25) is 4.79 Å². The molecule has 0 aliphatic carbocycles. The fourth-order valence-electron chi connectivity index (χ4n) is 2.69. The minimum atomic E-state index is -1.18. The summed E-state index contributed by atoms with van der Waals surface area (Å²) in [6.45, 7) is 5.96. The van der Waals surface area contributed by atoms with Gasteiger partial charge in [0.25, 0.3) is 0 Å². The van der Waals surface area contributed by atoms with E-state index in [0.717, 1.165) is 19.3 Å². The molecule has 0 aromatic carbocycles. The third kappa shape index (κ3) is 14.3. The second kappa shape index (κ2) is 17.8. The van der Waals surface area contributed by atoms with E-state index in [0.29, 0.717) is 12.8 Å². The second-order valence-corrected chi connectivity index (χ2v) is 6.68. The van der Waals surface area contributed by atoms with Gasteiger partial charge in [0, 0.05) is 6.42 Å². The average molecular weight is 349 g/mol. The van der Waals surface area contributed by atoms with Crippen LogP contribution in [0, 0.1) is 5.92 Å². The van der Waals surface area contributed by atoms with E-state index in [4.69, 9.17) is 0 Å². The third-order valence-corrected chi connectivity index (χ3v) is 4.54. The molecule has 1 N–H and O–H groups in total. The number of nitrogens with one attached hydrogen (secondary N) is 1. The molecule has 0 spiro atoms. The molecule has 0 saturated heterocycles. The van der Waals surface area contributed by atoms with Crippen molar-refractivity contribution in [2.24, 2.45) is 5.92 Å². The number of rotatable bonds is 15. The van der Waals surface area contributed by atoms with Crippen LogP contribution in [0.25, 0.3) is 0 Å². The predicted molar refractivity (Wildman–Crippen MR) is 92.9 cm³/mol. The van der Waals surface area contributed by atoms with Crippen molar-refractivity contribution in [3.05, 3.63) is 0 Å². The molecule has 0 aromatic heterocycles. The largest absolute Gasteiger partial charge is 1.00 e. The Kier molecular flexibility index (Phi) is 19.4. The van der Waals surface area contributed by atoms with Crippen molar-refractivity contribution in [2.75, 3.05) is 0 Å². The zero-order valence-electron chi connectivity index (χ0n) is 16.4. The van der Waals surface area contributed by atoms with Gasteiger partial charge in [0.05, 0.1) is 12.0 Å². The van der Waals surface area contributed by atoms with Crippen molar-refractivity contribution < 1.29 is 44.3 Å². The molecule has 0 aliphatic rings. The molecule has 2 atom stereocenters. The maximum Gasteiger partial charge on any atom is 1.00 e. The van der Waals surface area contributed by atoms with Gasteiger partial charge in [-0.1, -0.05) is 85.0 Å². The molecular formula is C19H36NNaO3. The molecule has 5 heteroatoms. The summed E-state index contributed by atoms with van der Waals surface area (Å²) < 4.78 is 0. The molecule has 0 rings (SSSR count). The monoisotopic (exact) mass is 349 g/mol. The maximum absolute atomic E-state index is 11.8. The Morgan fingerprint density at radius 3 is 1.75 bits per heavy atom. The summed E-state index contributed by atoms with van der Waals surface area (Å²) in [5.74, 6) is -1.45. The van der Waals surface area contributed by atoms with E-state index in [-0.39, 0.29) is 41.4 Å². The molecule has 1 amide bonds. The zero-order chi connectivity index (χ0) is 17.5. The third-order valence-electron chi connectivity index (χ3n) is 4.54. The first-order valence-corrected chi connectivity index (χ1v) is 9.53. The molecule has 24 heavy (non-hydrogen) atoms. The van der Waals surface area contributed by atoms with Crippen molar-refractivity contribution in [3.8, 4) is 0 Å². The number of carbonyl (C=O) groups is 2. The van der Waals surface area contributed by atoms with E-state index >= 15 is 0 Å². The first-order chi connectivity index (χ1) is 11.0. The van der Waals surface area contributed by atoms with Crippen molar-refractivity contribution in [2.45, 2.75) is 104 Å². The van der Waals surface area contributed by atoms with E-state index < -0.39 is 12.0 Å². The molecule has 0 saturated carbocycles. The quantitative estimate of drug-likeness (QED) is 0.347. The molecular weight excluding hydrogens is 313 g/mol. The van der Waals surface area contributed by atoms with E-state index in [1.54, 1.807) is 0 Å². The summed E-state index contributed by atoms with van der Waals surface area (Å²) in [6.07, 6.45) is 13.3. The van der Waals surface area contributed by atoms with Crippen LogP contribution in [-0.2, 0) is 9.59 Å². The van der Waals surface area contributed by atoms with Crippen LogP contribution in [-0.4, -0.2) is 17.9 Å². The molecule has 0 aromatic rings. The Morgan fingerprint density at radius 1 is 0.875 bits per heavy atom. The SMILES string of the molecule is CCCCCCCCCCCCC(=O)N[C@H](C(=O)[O-])[C@@H](C)CC.[Na+]. The van der Waals surface area contributed by atoms with Crippen LogP contribution in [0.5, 0.6) is 0 Å². The van der Waals surface area contributed by atoms with Gasteiger partial charge in [-0.15, -0.1) is 0 Å². The van der Waals surface area contributed by atoms with Crippen LogP contribution in [0.2, 0.25) is 0 Å².